The van der Waals surface area contributed by atoms with Crippen LogP contribution >= 0.6 is 0 Å². The lowest BCUT2D eigenvalue weighted by Crippen LogP contribution is -2.23. The molecule has 1 saturated heterocycles. The van der Waals surface area contributed by atoms with Gasteiger partial charge in [0.05, 0.1) is 6.61 Å². The molecule has 1 atom stereocenters. The Morgan fingerprint density at radius 3 is 2.80 bits per heavy atom. The SMILES string of the molecule is OC(O)C1CCOCOC1. The average Bonchev–Trinajstić information content (AvgIpc) is 2.12. The van der Waals surface area contributed by atoms with Crippen molar-refractivity contribution in [1.82, 2.24) is 0 Å². The molecular formula is C6H12O4. The van der Waals surface area contributed by atoms with Crippen LogP contribution in [0.3, 0.4) is 0 Å². The van der Waals surface area contributed by atoms with Crippen LogP contribution < -0.4 is 0 Å². The Morgan fingerprint density at radius 1 is 1.30 bits per heavy atom. The summed E-state index contributed by atoms with van der Waals surface area (Å²) in [6.07, 6.45) is -0.626. The van der Waals surface area contributed by atoms with Crippen molar-refractivity contribution in [2.24, 2.45) is 5.92 Å². The van der Waals surface area contributed by atoms with Crippen molar-refractivity contribution in [3.05, 3.63) is 0 Å². The lowest BCUT2D eigenvalue weighted by molar-refractivity contribution is -0.105. The summed E-state index contributed by atoms with van der Waals surface area (Å²) in [6.45, 7) is 1.18. The van der Waals surface area contributed by atoms with E-state index in [4.69, 9.17) is 19.7 Å². The molecule has 1 rings (SSSR count). The van der Waals surface area contributed by atoms with E-state index in [1.54, 1.807) is 0 Å². The number of ether oxygens (including phenoxy) is 2. The Balaban J connectivity index is 2.28. The summed E-state index contributed by atoms with van der Waals surface area (Å²) in [6, 6.07) is 0. The molecule has 0 aromatic heterocycles. The fourth-order valence-corrected chi connectivity index (χ4v) is 0.871. The van der Waals surface area contributed by atoms with E-state index in [-0.39, 0.29) is 12.7 Å². The van der Waals surface area contributed by atoms with Crippen molar-refractivity contribution >= 4 is 0 Å². The standard InChI is InChI=1S/C6H12O4/c7-6(8)5-1-2-9-4-10-3-5/h5-8H,1-4H2. The molecule has 1 aliphatic rings. The molecule has 1 fully saturated rings. The Kier molecular flexibility index (Phi) is 3.08. The van der Waals surface area contributed by atoms with Gasteiger partial charge in [-0.15, -0.1) is 0 Å². The summed E-state index contributed by atoms with van der Waals surface area (Å²) in [4.78, 5) is 0. The molecular weight excluding hydrogens is 136 g/mol. The zero-order valence-corrected chi connectivity index (χ0v) is 5.69. The van der Waals surface area contributed by atoms with Gasteiger partial charge in [0.25, 0.3) is 0 Å². The van der Waals surface area contributed by atoms with Crippen molar-refractivity contribution in [2.75, 3.05) is 20.0 Å². The summed E-state index contributed by atoms with van der Waals surface area (Å²) < 4.78 is 9.86. The molecule has 1 unspecified atom stereocenters. The van der Waals surface area contributed by atoms with Crippen LogP contribution in [0.5, 0.6) is 0 Å². The smallest absolute Gasteiger partial charge is 0.156 e. The van der Waals surface area contributed by atoms with Crippen molar-refractivity contribution in [1.29, 1.82) is 0 Å². The van der Waals surface area contributed by atoms with E-state index in [9.17, 15) is 0 Å². The maximum atomic E-state index is 8.72. The second-order valence-electron chi connectivity index (χ2n) is 2.36. The van der Waals surface area contributed by atoms with Gasteiger partial charge in [-0.2, -0.15) is 0 Å². The second-order valence-corrected chi connectivity index (χ2v) is 2.36. The van der Waals surface area contributed by atoms with Gasteiger partial charge in [-0.25, -0.2) is 0 Å². The van der Waals surface area contributed by atoms with Crippen LogP contribution in [0.15, 0.2) is 0 Å². The van der Waals surface area contributed by atoms with Crippen molar-refractivity contribution in [2.45, 2.75) is 12.7 Å². The minimum atomic E-state index is -1.28. The summed E-state index contributed by atoms with van der Waals surface area (Å²) in [5.74, 6) is -0.192. The first-order chi connectivity index (χ1) is 4.80. The fourth-order valence-electron chi connectivity index (χ4n) is 0.871. The second kappa shape index (κ2) is 3.88. The van der Waals surface area contributed by atoms with E-state index in [2.05, 4.69) is 0 Å². The van der Waals surface area contributed by atoms with E-state index in [0.717, 1.165) is 0 Å². The topological polar surface area (TPSA) is 58.9 Å². The lowest BCUT2D eigenvalue weighted by atomic mass is 10.1. The van der Waals surface area contributed by atoms with Gasteiger partial charge < -0.3 is 19.7 Å². The molecule has 60 valence electrons. The molecule has 0 bridgehead atoms. The molecule has 2 N–H and O–H groups in total. The minimum Gasteiger partial charge on any atom is -0.368 e. The highest BCUT2D eigenvalue weighted by Gasteiger charge is 2.18. The molecule has 0 aliphatic carbocycles. The van der Waals surface area contributed by atoms with Crippen molar-refractivity contribution in [3.8, 4) is 0 Å². The van der Waals surface area contributed by atoms with Gasteiger partial charge in [0.2, 0.25) is 0 Å². The third kappa shape index (κ3) is 2.22. The van der Waals surface area contributed by atoms with Crippen LogP contribution in [0, 0.1) is 5.92 Å². The van der Waals surface area contributed by atoms with Crippen LogP contribution in [0.4, 0.5) is 0 Å². The molecule has 0 saturated carbocycles. The number of aliphatic hydroxyl groups excluding tert-OH is 1. The summed E-state index contributed by atoms with van der Waals surface area (Å²) in [5, 5.41) is 17.4. The molecule has 4 heteroatoms. The maximum Gasteiger partial charge on any atom is 0.156 e. The first-order valence-electron chi connectivity index (χ1n) is 3.32. The average molecular weight is 148 g/mol. The third-order valence-corrected chi connectivity index (χ3v) is 1.55. The number of aliphatic hydroxyl groups is 2. The predicted molar refractivity (Wildman–Crippen MR) is 33.1 cm³/mol. The van der Waals surface area contributed by atoms with Crippen LogP contribution in [-0.2, 0) is 9.47 Å². The minimum absolute atomic E-state index is 0.192. The maximum absolute atomic E-state index is 8.72. The Hall–Kier alpha value is -0.160. The Labute approximate surface area is 59.4 Å². The first-order valence-corrected chi connectivity index (χ1v) is 3.32. The summed E-state index contributed by atoms with van der Waals surface area (Å²) in [5.41, 5.74) is 0. The molecule has 10 heavy (non-hydrogen) atoms. The lowest BCUT2D eigenvalue weighted by Gasteiger charge is -2.13. The quantitative estimate of drug-likeness (QED) is 0.483. The zero-order chi connectivity index (χ0) is 7.40. The zero-order valence-electron chi connectivity index (χ0n) is 5.69. The molecule has 0 radical (unpaired) electrons. The van der Waals surface area contributed by atoms with Gasteiger partial charge in [-0.3, -0.25) is 0 Å². The Morgan fingerprint density at radius 2 is 2.10 bits per heavy atom. The third-order valence-electron chi connectivity index (χ3n) is 1.55. The highest BCUT2D eigenvalue weighted by Crippen LogP contribution is 2.10. The molecule has 1 heterocycles. The van der Waals surface area contributed by atoms with Gasteiger partial charge in [0, 0.05) is 12.5 Å². The highest BCUT2D eigenvalue weighted by atomic mass is 16.7. The number of hydrogen-bond acceptors (Lipinski definition) is 4. The van der Waals surface area contributed by atoms with E-state index in [1.807, 2.05) is 0 Å². The largest absolute Gasteiger partial charge is 0.368 e. The predicted octanol–water partition coefficient (Wildman–Crippen LogP) is -0.692. The highest BCUT2D eigenvalue weighted by molar-refractivity contribution is 4.60. The van der Waals surface area contributed by atoms with E-state index < -0.39 is 6.29 Å². The van der Waals surface area contributed by atoms with Gasteiger partial charge in [0.1, 0.15) is 6.79 Å². The van der Waals surface area contributed by atoms with Crippen LogP contribution in [0.1, 0.15) is 6.42 Å². The number of hydrogen-bond donors (Lipinski definition) is 2. The van der Waals surface area contributed by atoms with Crippen molar-refractivity contribution < 1.29 is 19.7 Å². The van der Waals surface area contributed by atoms with E-state index in [1.165, 1.54) is 0 Å². The molecule has 0 amide bonds. The van der Waals surface area contributed by atoms with Gasteiger partial charge in [-0.05, 0) is 6.42 Å². The fraction of sp³-hybridized carbons (Fsp3) is 1.00. The molecule has 0 aromatic carbocycles. The summed E-state index contributed by atoms with van der Waals surface area (Å²) >= 11 is 0. The van der Waals surface area contributed by atoms with Crippen LogP contribution in [-0.4, -0.2) is 36.5 Å². The van der Waals surface area contributed by atoms with Gasteiger partial charge >= 0.3 is 0 Å². The first kappa shape index (κ1) is 7.94. The normalized spacial score (nSPS) is 28.5. The van der Waals surface area contributed by atoms with E-state index in [0.29, 0.717) is 19.6 Å². The number of rotatable bonds is 1. The van der Waals surface area contributed by atoms with Gasteiger partial charge in [0.15, 0.2) is 6.29 Å². The molecule has 1 aliphatic heterocycles. The van der Waals surface area contributed by atoms with E-state index >= 15 is 0 Å². The molecule has 0 spiro atoms. The molecule has 4 nitrogen and oxygen atoms in total. The molecule has 0 aromatic rings. The van der Waals surface area contributed by atoms with Gasteiger partial charge in [-0.1, -0.05) is 0 Å². The summed E-state index contributed by atoms with van der Waals surface area (Å²) in [7, 11) is 0. The van der Waals surface area contributed by atoms with Crippen LogP contribution in [0.2, 0.25) is 0 Å². The monoisotopic (exact) mass is 148 g/mol. The van der Waals surface area contributed by atoms with Crippen molar-refractivity contribution in [3.63, 3.8) is 0 Å². The van der Waals surface area contributed by atoms with Crippen LogP contribution in [0.25, 0.3) is 0 Å². The Bertz CT molecular complexity index is 85.7.